The van der Waals surface area contributed by atoms with Crippen LogP contribution in [0.25, 0.3) is 0 Å². The maximum absolute atomic E-state index is 5.36. The molecule has 1 aromatic rings. The number of piperidine rings is 1. The summed E-state index contributed by atoms with van der Waals surface area (Å²) >= 11 is 0. The largest absolute Gasteiger partial charge is 0.497 e. The molecule has 2 fully saturated rings. The van der Waals surface area contributed by atoms with Gasteiger partial charge in [0.1, 0.15) is 5.75 Å². The molecule has 0 radical (unpaired) electrons. The van der Waals surface area contributed by atoms with Crippen LogP contribution in [0.2, 0.25) is 0 Å². The van der Waals surface area contributed by atoms with Gasteiger partial charge in [0.15, 0.2) is 5.96 Å². The van der Waals surface area contributed by atoms with Crippen LogP contribution in [0.3, 0.4) is 0 Å². The van der Waals surface area contributed by atoms with Gasteiger partial charge in [-0.15, -0.1) is 0 Å². The molecule has 1 atom stereocenters. The van der Waals surface area contributed by atoms with Crippen molar-refractivity contribution < 1.29 is 4.74 Å². The number of rotatable bonds is 7. The standard InChI is InChI=1S/C23H39N5O/c1-20-9-4-6-13-26(20)14-7-5-12-25-23(24-2)28-17-15-27(16-18-28)21-10-8-11-22(19-21)29-3/h8,10-11,19-20H,4-7,9,12-18H2,1-3H3,(H,24,25). The lowest BCUT2D eigenvalue weighted by Crippen LogP contribution is -2.52. The summed E-state index contributed by atoms with van der Waals surface area (Å²) in [5, 5.41) is 3.58. The summed E-state index contributed by atoms with van der Waals surface area (Å²) in [5.41, 5.74) is 1.24. The zero-order valence-electron chi connectivity index (χ0n) is 18.6. The van der Waals surface area contributed by atoms with E-state index in [2.05, 4.69) is 50.1 Å². The molecule has 2 heterocycles. The highest BCUT2D eigenvalue weighted by atomic mass is 16.5. The smallest absolute Gasteiger partial charge is 0.193 e. The number of hydrogen-bond acceptors (Lipinski definition) is 4. The Bertz CT molecular complexity index is 642. The van der Waals surface area contributed by atoms with Crippen molar-refractivity contribution in [3.63, 3.8) is 0 Å². The van der Waals surface area contributed by atoms with E-state index in [1.54, 1.807) is 7.11 Å². The molecule has 2 aliphatic heterocycles. The number of nitrogens with one attached hydrogen (secondary N) is 1. The van der Waals surface area contributed by atoms with Crippen LogP contribution in [-0.4, -0.2) is 81.8 Å². The van der Waals surface area contributed by atoms with Gasteiger partial charge in [0, 0.05) is 57.6 Å². The fourth-order valence-electron chi connectivity index (χ4n) is 4.45. The van der Waals surface area contributed by atoms with E-state index in [0.717, 1.165) is 50.5 Å². The van der Waals surface area contributed by atoms with Gasteiger partial charge < -0.3 is 24.8 Å². The van der Waals surface area contributed by atoms with Crippen LogP contribution in [0.4, 0.5) is 5.69 Å². The van der Waals surface area contributed by atoms with Gasteiger partial charge in [-0.2, -0.15) is 0 Å². The Kier molecular flexibility index (Phi) is 8.47. The number of ether oxygens (including phenoxy) is 1. The molecule has 0 aliphatic carbocycles. The minimum absolute atomic E-state index is 0.769. The van der Waals surface area contributed by atoms with Gasteiger partial charge in [-0.25, -0.2) is 0 Å². The zero-order chi connectivity index (χ0) is 20.5. The summed E-state index contributed by atoms with van der Waals surface area (Å²) in [6, 6.07) is 9.11. The molecule has 0 aromatic heterocycles. The van der Waals surface area contributed by atoms with Crippen LogP contribution in [0.5, 0.6) is 5.75 Å². The lowest BCUT2D eigenvalue weighted by atomic mass is 10.0. The highest BCUT2D eigenvalue weighted by Crippen LogP contribution is 2.22. The molecule has 1 aromatic carbocycles. The highest BCUT2D eigenvalue weighted by Gasteiger charge is 2.20. The lowest BCUT2D eigenvalue weighted by molar-refractivity contribution is 0.158. The van der Waals surface area contributed by atoms with Crippen LogP contribution in [-0.2, 0) is 0 Å². The average molecular weight is 402 g/mol. The quantitative estimate of drug-likeness (QED) is 0.432. The number of benzene rings is 1. The van der Waals surface area contributed by atoms with Crippen LogP contribution < -0.4 is 15.0 Å². The third-order valence-corrected chi connectivity index (χ3v) is 6.31. The van der Waals surface area contributed by atoms with E-state index in [1.807, 2.05) is 13.1 Å². The number of methoxy groups -OCH3 is 1. The molecule has 6 heteroatoms. The second kappa shape index (κ2) is 11.3. The van der Waals surface area contributed by atoms with E-state index in [9.17, 15) is 0 Å². The van der Waals surface area contributed by atoms with Crippen molar-refractivity contribution in [3.8, 4) is 5.75 Å². The molecule has 2 saturated heterocycles. The number of unbranched alkanes of at least 4 members (excludes halogenated alkanes) is 1. The van der Waals surface area contributed by atoms with Gasteiger partial charge in [-0.05, 0) is 57.8 Å². The fourth-order valence-corrected chi connectivity index (χ4v) is 4.45. The Morgan fingerprint density at radius 2 is 1.97 bits per heavy atom. The molecule has 0 bridgehead atoms. The Labute approximate surface area is 176 Å². The number of anilines is 1. The summed E-state index contributed by atoms with van der Waals surface area (Å²) < 4.78 is 5.36. The van der Waals surface area contributed by atoms with Gasteiger partial charge in [-0.1, -0.05) is 12.5 Å². The third kappa shape index (κ3) is 6.26. The van der Waals surface area contributed by atoms with Gasteiger partial charge in [-0.3, -0.25) is 4.99 Å². The van der Waals surface area contributed by atoms with E-state index >= 15 is 0 Å². The van der Waals surface area contributed by atoms with Crippen molar-refractivity contribution in [2.45, 2.75) is 45.1 Å². The van der Waals surface area contributed by atoms with Crippen molar-refractivity contribution in [1.29, 1.82) is 0 Å². The van der Waals surface area contributed by atoms with Gasteiger partial charge in [0.05, 0.1) is 7.11 Å². The first kappa shape index (κ1) is 21.8. The third-order valence-electron chi connectivity index (χ3n) is 6.31. The molecule has 1 unspecified atom stereocenters. The maximum Gasteiger partial charge on any atom is 0.193 e. The molecule has 29 heavy (non-hydrogen) atoms. The molecule has 2 aliphatic rings. The lowest BCUT2D eigenvalue weighted by Gasteiger charge is -2.37. The topological polar surface area (TPSA) is 43.3 Å². The Balaban J connectivity index is 1.36. The summed E-state index contributed by atoms with van der Waals surface area (Å²) in [5.74, 6) is 1.96. The summed E-state index contributed by atoms with van der Waals surface area (Å²) in [6.45, 7) is 9.88. The molecule has 3 rings (SSSR count). The van der Waals surface area contributed by atoms with Crippen molar-refractivity contribution in [3.05, 3.63) is 24.3 Å². The minimum Gasteiger partial charge on any atom is -0.497 e. The first-order valence-corrected chi connectivity index (χ1v) is 11.3. The number of likely N-dealkylation sites (tertiary alicyclic amines) is 1. The average Bonchev–Trinajstić information content (AvgIpc) is 2.77. The van der Waals surface area contributed by atoms with Gasteiger partial charge >= 0.3 is 0 Å². The van der Waals surface area contributed by atoms with Crippen molar-refractivity contribution >= 4 is 11.6 Å². The molecular formula is C23H39N5O. The fraction of sp³-hybridized carbons (Fsp3) is 0.696. The van der Waals surface area contributed by atoms with Crippen LogP contribution in [0.1, 0.15) is 39.0 Å². The maximum atomic E-state index is 5.36. The molecule has 6 nitrogen and oxygen atoms in total. The normalized spacial score (nSPS) is 21.3. The van der Waals surface area contributed by atoms with Crippen molar-refractivity contribution in [2.24, 2.45) is 4.99 Å². The zero-order valence-corrected chi connectivity index (χ0v) is 18.6. The monoisotopic (exact) mass is 401 g/mol. The van der Waals surface area contributed by atoms with Crippen molar-refractivity contribution in [1.82, 2.24) is 15.1 Å². The summed E-state index contributed by atoms with van der Waals surface area (Å²) in [7, 11) is 3.62. The molecule has 0 amide bonds. The predicted molar refractivity (Wildman–Crippen MR) is 122 cm³/mol. The van der Waals surface area contributed by atoms with Crippen LogP contribution in [0.15, 0.2) is 29.3 Å². The van der Waals surface area contributed by atoms with E-state index in [0.29, 0.717) is 0 Å². The number of aliphatic imine (C=N–C) groups is 1. The van der Waals surface area contributed by atoms with E-state index in [-0.39, 0.29) is 0 Å². The predicted octanol–water partition coefficient (Wildman–Crippen LogP) is 3.05. The molecule has 0 saturated carbocycles. The Morgan fingerprint density at radius 3 is 2.69 bits per heavy atom. The second-order valence-corrected chi connectivity index (χ2v) is 8.24. The molecule has 1 N–H and O–H groups in total. The highest BCUT2D eigenvalue weighted by molar-refractivity contribution is 5.80. The number of piperazine rings is 1. The number of guanidine groups is 1. The molecular weight excluding hydrogens is 362 g/mol. The minimum atomic E-state index is 0.769. The van der Waals surface area contributed by atoms with E-state index in [1.165, 1.54) is 50.9 Å². The van der Waals surface area contributed by atoms with E-state index in [4.69, 9.17) is 4.74 Å². The van der Waals surface area contributed by atoms with Gasteiger partial charge in [0.25, 0.3) is 0 Å². The van der Waals surface area contributed by atoms with Crippen LogP contribution in [0, 0.1) is 0 Å². The first-order chi connectivity index (χ1) is 14.2. The second-order valence-electron chi connectivity index (χ2n) is 8.24. The summed E-state index contributed by atoms with van der Waals surface area (Å²) in [4.78, 5) is 12.0. The van der Waals surface area contributed by atoms with Crippen molar-refractivity contribution in [2.75, 3.05) is 64.9 Å². The first-order valence-electron chi connectivity index (χ1n) is 11.3. The summed E-state index contributed by atoms with van der Waals surface area (Å²) in [6.07, 6.45) is 6.61. The number of nitrogens with zero attached hydrogens (tertiary/aromatic N) is 4. The Hall–Kier alpha value is -1.95. The van der Waals surface area contributed by atoms with E-state index < -0.39 is 0 Å². The molecule has 162 valence electrons. The van der Waals surface area contributed by atoms with Crippen LogP contribution >= 0.6 is 0 Å². The SMILES string of the molecule is CN=C(NCCCCN1CCCCC1C)N1CCN(c2cccc(OC)c2)CC1. The van der Waals surface area contributed by atoms with Gasteiger partial charge in [0.2, 0.25) is 0 Å². The molecule has 0 spiro atoms. The number of hydrogen-bond donors (Lipinski definition) is 1. The Morgan fingerprint density at radius 1 is 1.14 bits per heavy atom.